The fourth-order valence-corrected chi connectivity index (χ4v) is 1.93. The summed E-state index contributed by atoms with van der Waals surface area (Å²) in [4.78, 5) is 0. The van der Waals surface area contributed by atoms with Crippen LogP contribution in [-0.4, -0.2) is 0 Å². The molecule has 0 radical (unpaired) electrons. The third kappa shape index (κ3) is 2.19. The molecule has 1 fully saturated rings. The highest BCUT2D eigenvalue weighted by atomic mass is 127. The predicted molar refractivity (Wildman–Crippen MR) is 55.6 cm³/mol. The number of rotatable bonds is 2. The maximum Gasteiger partial charge on any atom is 0.0133 e. The molecule has 1 heteroatoms. The number of halogens is 1. The monoisotopic (exact) mass is 258 g/mol. The molecule has 1 aliphatic rings. The molecular weight excluding hydrogens is 247 g/mol. The van der Waals surface area contributed by atoms with Crippen LogP contribution in [0.5, 0.6) is 0 Å². The maximum atomic E-state index is 2.37. The Bertz CT molecular complexity index is 251. The van der Waals surface area contributed by atoms with E-state index in [1.165, 1.54) is 28.4 Å². The van der Waals surface area contributed by atoms with Gasteiger partial charge in [0.15, 0.2) is 0 Å². The zero-order chi connectivity index (χ0) is 7.68. The number of benzene rings is 1. The quantitative estimate of drug-likeness (QED) is 0.714. The molecule has 0 amide bonds. The molecule has 0 N–H and O–H groups in total. The van der Waals surface area contributed by atoms with Crippen LogP contribution >= 0.6 is 22.6 Å². The summed E-state index contributed by atoms with van der Waals surface area (Å²) in [6.45, 7) is 0. The molecule has 0 saturated heterocycles. The van der Waals surface area contributed by atoms with Crippen LogP contribution in [0.25, 0.3) is 0 Å². The number of hydrogen-bond donors (Lipinski definition) is 0. The van der Waals surface area contributed by atoms with Crippen LogP contribution < -0.4 is 0 Å². The third-order valence-electron chi connectivity index (χ3n) is 2.11. The molecule has 0 aromatic heterocycles. The summed E-state index contributed by atoms with van der Waals surface area (Å²) in [6.07, 6.45) is 4.20. The van der Waals surface area contributed by atoms with Crippen molar-refractivity contribution in [2.75, 3.05) is 0 Å². The lowest BCUT2D eigenvalue weighted by atomic mass is 10.1. The molecule has 1 saturated carbocycles. The van der Waals surface area contributed by atoms with Gasteiger partial charge >= 0.3 is 0 Å². The molecule has 1 aromatic carbocycles. The van der Waals surface area contributed by atoms with Crippen molar-refractivity contribution in [2.24, 2.45) is 5.92 Å². The molecule has 0 aliphatic heterocycles. The van der Waals surface area contributed by atoms with Crippen LogP contribution in [0.15, 0.2) is 24.3 Å². The van der Waals surface area contributed by atoms with E-state index in [-0.39, 0.29) is 0 Å². The second kappa shape index (κ2) is 3.13. The fraction of sp³-hybridized carbons (Fsp3) is 0.400. The summed E-state index contributed by atoms with van der Waals surface area (Å²) < 4.78 is 1.36. The van der Waals surface area contributed by atoms with Crippen molar-refractivity contribution >= 4 is 22.6 Å². The molecule has 0 unspecified atom stereocenters. The van der Waals surface area contributed by atoms with Gasteiger partial charge < -0.3 is 0 Å². The van der Waals surface area contributed by atoms with Crippen LogP contribution in [-0.2, 0) is 6.42 Å². The van der Waals surface area contributed by atoms with Crippen molar-refractivity contribution in [1.29, 1.82) is 0 Å². The van der Waals surface area contributed by atoms with Gasteiger partial charge in [-0.05, 0) is 65.5 Å². The number of hydrogen-bond acceptors (Lipinski definition) is 0. The summed E-state index contributed by atoms with van der Waals surface area (Å²) in [5, 5.41) is 0. The molecule has 0 heterocycles. The largest absolute Gasteiger partial charge is 0.0609 e. The van der Waals surface area contributed by atoms with Crippen molar-refractivity contribution in [3.63, 3.8) is 0 Å². The van der Waals surface area contributed by atoms with E-state index in [0.717, 1.165) is 5.92 Å². The standard InChI is InChI=1S/C10H11I/c11-10-3-1-2-9(7-10)6-8-4-5-8/h1-3,7-8H,4-6H2. The average molecular weight is 258 g/mol. The molecule has 0 spiro atoms. The summed E-state index contributed by atoms with van der Waals surface area (Å²) in [6, 6.07) is 8.83. The highest BCUT2D eigenvalue weighted by Crippen LogP contribution is 2.32. The van der Waals surface area contributed by atoms with E-state index < -0.39 is 0 Å². The zero-order valence-corrected chi connectivity index (χ0v) is 8.54. The first-order chi connectivity index (χ1) is 5.34. The lowest BCUT2D eigenvalue weighted by Crippen LogP contribution is -1.86. The van der Waals surface area contributed by atoms with Gasteiger partial charge in [0, 0.05) is 3.57 Å². The molecule has 1 aliphatic carbocycles. The van der Waals surface area contributed by atoms with E-state index >= 15 is 0 Å². The van der Waals surface area contributed by atoms with Gasteiger partial charge in [0.05, 0.1) is 0 Å². The van der Waals surface area contributed by atoms with Crippen molar-refractivity contribution in [1.82, 2.24) is 0 Å². The second-order valence-corrected chi connectivity index (χ2v) is 4.52. The zero-order valence-electron chi connectivity index (χ0n) is 6.39. The van der Waals surface area contributed by atoms with Gasteiger partial charge in [0.25, 0.3) is 0 Å². The summed E-state index contributed by atoms with van der Waals surface area (Å²) in [5.41, 5.74) is 1.51. The smallest absolute Gasteiger partial charge is 0.0133 e. The van der Waals surface area contributed by atoms with Gasteiger partial charge in [0.2, 0.25) is 0 Å². The summed E-state index contributed by atoms with van der Waals surface area (Å²) in [7, 11) is 0. The average Bonchev–Trinajstić information content (AvgIpc) is 2.71. The van der Waals surface area contributed by atoms with Gasteiger partial charge in [-0.3, -0.25) is 0 Å². The minimum atomic E-state index is 1.01. The van der Waals surface area contributed by atoms with E-state index in [2.05, 4.69) is 46.9 Å². The van der Waals surface area contributed by atoms with Crippen LogP contribution in [0.2, 0.25) is 0 Å². The second-order valence-electron chi connectivity index (χ2n) is 3.28. The molecule has 0 bridgehead atoms. The van der Waals surface area contributed by atoms with Gasteiger partial charge in [-0.15, -0.1) is 0 Å². The Morgan fingerprint density at radius 1 is 1.36 bits per heavy atom. The van der Waals surface area contributed by atoms with E-state index in [1.807, 2.05) is 0 Å². The van der Waals surface area contributed by atoms with Crippen LogP contribution in [0, 0.1) is 9.49 Å². The van der Waals surface area contributed by atoms with Crippen molar-refractivity contribution in [3.05, 3.63) is 33.4 Å². The Labute approximate surface area is 81.1 Å². The Hall–Kier alpha value is -0.0500. The minimum Gasteiger partial charge on any atom is -0.0609 e. The van der Waals surface area contributed by atoms with Crippen molar-refractivity contribution in [3.8, 4) is 0 Å². The van der Waals surface area contributed by atoms with Crippen molar-refractivity contribution < 1.29 is 0 Å². The molecule has 2 rings (SSSR count). The SMILES string of the molecule is Ic1cccc(CC2CC2)c1. The van der Waals surface area contributed by atoms with E-state index in [0.29, 0.717) is 0 Å². The predicted octanol–water partition coefficient (Wildman–Crippen LogP) is 3.24. The van der Waals surface area contributed by atoms with Gasteiger partial charge in [-0.25, -0.2) is 0 Å². The lowest BCUT2D eigenvalue weighted by molar-refractivity contribution is 0.832. The molecule has 1 aromatic rings. The highest BCUT2D eigenvalue weighted by molar-refractivity contribution is 14.1. The van der Waals surface area contributed by atoms with Crippen molar-refractivity contribution in [2.45, 2.75) is 19.3 Å². The van der Waals surface area contributed by atoms with Crippen LogP contribution in [0.1, 0.15) is 18.4 Å². The normalized spacial score (nSPS) is 16.8. The van der Waals surface area contributed by atoms with E-state index in [4.69, 9.17) is 0 Å². The first-order valence-electron chi connectivity index (χ1n) is 4.09. The van der Waals surface area contributed by atoms with Gasteiger partial charge in [0.1, 0.15) is 0 Å². The molecule has 58 valence electrons. The van der Waals surface area contributed by atoms with Crippen LogP contribution in [0.3, 0.4) is 0 Å². The molecular formula is C10H11I. The Morgan fingerprint density at radius 3 is 2.82 bits per heavy atom. The maximum absolute atomic E-state index is 2.37. The van der Waals surface area contributed by atoms with E-state index in [1.54, 1.807) is 0 Å². The topological polar surface area (TPSA) is 0 Å². The molecule has 0 nitrogen and oxygen atoms in total. The minimum absolute atomic E-state index is 1.01. The first-order valence-corrected chi connectivity index (χ1v) is 5.17. The lowest BCUT2D eigenvalue weighted by Gasteiger charge is -1.98. The van der Waals surface area contributed by atoms with Gasteiger partial charge in [-0.2, -0.15) is 0 Å². The summed E-state index contributed by atoms with van der Waals surface area (Å²) in [5.74, 6) is 1.01. The highest BCUT2D eigenvalue weighted by Gasteiger charge is 2.21. The Kier molecular flexibility index (Phi) is 2.16. The third-order valence-corrected chi connectivity index (χ3v) is 2.78. The fourth-order valence-electron chi connectivity index (χ4n) is 1.32. The van der Waals surface area contributed by atoms with E-state index in [9.17, 15) is 0 Å². The Balaban J connectivity index is 2.10. The molecule has 11 heavy (non-hydrogen) atoms. The Morgan fingerprint density at radius 2 is 2.18 bits per heavy atom. The van der Waals surface area contributed by atoms with Crippen LogP contribution in [0.4, 0.5) is 0 Å². The van der Waals surface area contributed by atoms with Gasteiger partial charge in [-0.1, -0.05) is 12.1 Å². The molecule has 0 atom stereocenters. The first kappa shape index (κ1) is 7.59. The summed E-state index contributed by atoms with van der Waals surface area (Å²) >= 11 is 2.37.